The number of methoxy groups -OCH3 is 1. The Hall–Kier alpha value is -1.57. The van der Waals surface area contributed by atoms with Crippen LogP contribution in [0.4, 0.5) is 0 Å². The maximum atomic E-state index is 11.3. The van der Waals surface area contributed by atoms with Crippen LogP contribution in [0.15, 0.2) is 14.6 Å². The number of rotatable bonds is 4. The van der Waals surface area contributed by atoms with Crippen LogP contribution in [-0.4, -0.2) is 33.5 Å². The summed E-state index contributed by atoms with van der Waals surface area (Å²) in [4.78, 5) is 35.3. The number of nitrogens with one attached hydrogen (secondary N) is 2. The van der Waals surface area contributed by atoms with Gasteiger partial charge in [-0.15, -0.1) is 0 Å². The minimum absolute atomic E-state index is 0.0388. The predicted octanol–water partition coefficient (Wildman–Crippen LogP) is -0.498. The average molecular weight is 245 g/mol. The molecule has 0 aliphatic heterocycles. The summed E-state index contributed by atoms with van der Waals surface area (Å²) < 4.78 is 4.57. The van der Waals surface area contributed by atoms with Crippen molar-refractivity contribution >= 4 is 17.7 Å². The third-order valence-electron chi connectivity index (χ3n) is 1.77. The molecule has 0 aliphatic carbocycles. The van der Waals surface area contributed by atoms with Crippen LogP contribution >= 0.6 is 11.8 Å². The first-order valence-electron chi connectivity index (χ1n) is 4.52. The van der Waals surface area contributed by atoms with Gasteiger partial charge in [0.05, 0.1) is 7.11 Å². The Morgan fingerprint density at radius 2 is 2.25 bits per heavy atom. The Kier molecular flexibility index (Phi) is 4.29. The van der Waals surface area contributed by atoms with E-state index in [4.69, 9.17) is 0 Å². The average Bonchev–Trinajstić information content (AvgIpc) is 2.27. The lowest BCUT2D eigenvalue weighted by molar-refractivity contribution is -0.140. The highest BCUT2D eigenvalue weighted by Gasteiger charge is 2.20. The zero-order chi connectivity index (χ0) is 12.1. The van der Waals surface area contributed by atoms with Crippen LogP contribution in [-0.2, 0) is 9.53 Å². The molecule has 0 radical (unpaired) electrons. The fourth-order valence-electron chi connectivity index (χ4n) is 0.981. The van der Waals surface area contributed by atoms with Gasteiger partial charge in [0.1, 0.15) is 5.25 Å². The third-order valence-corrected chi connectivity index (χ3v) is 3.08. The molecule has 0 amide bonds. The standard InChI is InChI=1S/C8H11N3O4S/c1-3-4(7(13)15-2)16-6-5(12)9-8(14)11-10-6/h4H,3H2,1-2H3,(H2,9,11,12,14)/t4-/m0/s1. The van der Waals surface area contributed by atoms with E-state index in [1.165, 1.54) is 7.11 Å². The highest BCUT2D eigenvalue weighted by molar-refractivity contribution is 8.00. The van der Waals surface area contributed by atoms with Gasteiger partial charge in [-0.2, -0.15) is 5.10 Å². The van der Waals surface area contributed by atoms with E-state index in [1.54, 1.807) is 6.92 Å². The second kappa shape index (κ2) is 5.50. The quantitative estimate of drug-likeness (QED) is 0.547. The monoisotopic (exact) mass is 245 g/mol. The van der Waals surface area contributed by atoms with Crippen LogP contribution in [0, 0.1) is 0 Å². The molecule has 0 bridgehead atoms. The van der Waals surface area contributed by atoms with Crippen molar-refractivity contribution in [2.75, 3.05) is 7.11 Å². The van der Waals surface area contributed by atoms with Crippen molar-refractivity contribution < 1.29 is 9.53 Å². The summed E-state index contributed by atoms with van der Waals surface area (Å²) in [7, 11) is 1.27. The van der Waals surface area contributed by atoms with E-state index in [-0.39, 0.29) is 5.03 Å². The number of esters is 1. The van der Waals surface area contributed by atoms with Crippen LogP contribution in [0.5, 0.6) is 0 Å². The minimum atomic E-state index is -0.680. The Labute approximate surface area is 94.6 Å². The molecule has 88 valence electrons. The largest absolute Gasteiger partial charge is 0.468 e. The van der Waals surface area contributed by atoms with Gasteiger partial charge in [-0.3, -0.25) is 14.6 Å². The number of hydrogen-bond acceptors (Lipinski definition) is 6. The van der Waals surface area contributed by atoms with Crippen LogP contribution in [0.25, 0.3) is 0 Å². The highest BCUT2D eigenvalue weighted by atomic mass is 32.2. The predicted molar refractivity (Wildman–Crippen MR) is 57.4 cm³/mol. The normalized spacial score (nSPS) is 12.1. The molecule has 0 saturated heterocycles. The molecule has 8 heteroatoms. The maximum absolute atomic E-state index is 11.3. The van der Waals surface area contributed by atoms with E-state index in [0.29, 0.717) is 6.42 Å². The van der Waals surface area contributed by atoms with Crippen LogP contribution in [0.2, 0.25) is 0 Å². The first-order valence-corrected chi connectivity index (χ1v) is 5.40. The second-order valence-corrected chi connectivity index (χ2v) is 4.04. The molecule has 0 fully saturated rings. The topological polar surface area (TPSA) is 105 Å². The van der Waals surface area contributed by atoms with E-state index in [1.807, 2.05) is 4.98 Å². The van der Waals surface area contributed by atoms with Gasteiger partial charge in [0.2, 0.25) is 0 Å². The molecule has 1 heterocycles. The molecule has 0 aromatic carbocycles. The van der Waals surface area contributed by atoms with Crippen molar-refractivity contribution in [3.8, 4) is 0 Å². The minimum Gasteiger partial charge on any atom is -0.468 e. The number of H-pyrrole nitrogens is 2. The number of ether oxygens (including phenoxy) is 1. The van der Waals surface area contributed by atoms with E-state index in [9.17, 15) is 14.4 Å². The number of hydrogen-bond donors (Lipinski definition) is 2. The molecule has 1 atom stereocenters. The van der Waals surface area contributed by atoms with E-state index >= 15 is 0 Å². The van der Waals surface area contributed by atoms with Crippen molar-refractivity contribution in [2.45, 2.75) is 23.6 Å². The SMILES string of the molecule is CC[C@H](Sc1n[nH]c(=O)[nH]c1=O)C(=O)OC. The molecule has 1 aromatic rings. The lowest BCUT2D eigenvalue weighted by Gasteiger charge is -2.09. The van der Waals surface area contributed by atoms with Gasteiger partial charge in [-0.25, -0.2) is 9.89 Å². The summed E-state index contributed by atoms with van der Waals surface area (Å²) in [6.07, 6.45) is 0.498. The van der Waals surface area contributed by atoms with Gasteiger partial charge in [-0.05, 0) is 6.42 Å². The smallest absolute Gasteiger partial charge is 0.342 e. The van der Waals surface area contributed by atoms with Crippen LogP contribution in [0.1, 0.15) is 13.3 Å². The first kappa shape index (κ1) is 12.5. The van der Waals surface area contributed by atoms with Gasteiger partial charge < -0.3 is 4.74 Å². The molecule has 2 N–H and O–H groups in total. The fraction of sp³-hybridized carbons (Fsp3) is 0.500. The maximum Gasteiger partial charge on any atom is 0.342 e. The molecular weight excluding hydrogens is 234 g/mol. The number of aromatic amines is 2. The number of carbonyl (C=O) groups is 1. The fourth-order valence-corrected chi connectivity index (χ4v) is 1.87. The molecule has 7 nitrogen and oxygen atoms in total. The van der Waals surface area contributed by atoms with E-state index in [0.717, 1.165) is 11.8 Å². The number of carbonyl (C=O) groups excluding carboxylic acids is 1. The third kappa shape index (κ3) is 2.96. The molecule has 0 saturated carbocycles. The van der Waals surface area contributed by atoms with E-state index < -0.39 is 22.5 Å². The molecule has 1 rings (SSSR count). The summed E-state index contributed by atoms with van der Waals surface area (Å²) in [5.74, 6) is -0.431. The van der Waals surface area contributed by atoms with Crippen molar-refractivity contribution in [3.05, 3.63) is 20.8 Å². The van der Waals surface area contributed by atoms with Gasteiger partial charge >= 0.3 is 11.7 Å². The molecular formula is C8H11N3O4S. The van der Waals surface area contributed by atoms with Crippen LogP contribution in [0.3, 0.4) is 0 Å². The van der Waals surface area contributed by atoms with Gasteiger partial charge in [0, 0.05) is 0 Å². The van der Waals surface area contributed by atoms with Crippen molar-refractivity contribution in [1.82, 2.24) is 15.2 Å². The number of aromatic nitrogens is 3. The van der Waals surface area contributed by atoms with Crippen LogP contribution < -0.4 is 11.2 Å². The zero-order valence-electron chi connectivity index (χ0n) is 8.77. The number of thioether (sulfide) groups is 1. The molecule has 0 unspecified atom stereocenters. The van der Waals surface area contributed by atoms with Crippen molar-refractivity contribution in [3.63, 3.8) is 0 Å². The molecule has 1 aromatic heterocycles. The summed E-state index contributed by atoms with van der Waals surface area (Å²) in [5, 5.41) is 5.18. The summed E-state index contributed by atoms with van der Waals surface area (Å²) in [6, 6.07) is 0. The molecule has 0 spiro atoms. The van der Waals surface area contributed by atoms with Crippen molar-refractivity contribution in [2.24, 2.45) is 0 Å². The zero-order valence-corrected chi connectivity index (χ0v) is 9.59. The van der Waals surface area contributed by atoms with Gasteiger partial charge in [-0.1, -0.05) is 18.7 Å². The molecule has 16 heavy (non-hydrogen) atoms. The van der Waals surface area contributed by atoms with E-state index in [2.05, 4.69) is 14.9 Å². The lowest BCUT2D eigenvalue weighted by atomic mass is 10.3. The van der Waals surface area contributed by atoms with Gasteiger partial charge in [0.15, 0.2) is 5.03 Å². The Morgan fingerprint density at radius 3 is 2.75 bits per heavy atom. The molecule has 0 aliphatic rings. The highest BCUT2D eigenvalue weighted by Crippen LogP contribution is 2.20. The summed E-state index contributed by atoms with van der Waals surface area (Å²) in [5.41, 5.74) is -1.29. The Bertz CT molecular complexity index is 481. The first-order chi connectivity index (χ1) is 7.58. The van der Waals surface area contributed by atoms with Crippen molar-refractivity contribution in [1.29, 1.82) is 0 Å². The Balaban J connectivity index is 2.90. The van der Waals surface area contributed by atoms with Gasteiger partial charge in [0.25, 0.3) is 5.56 Å². The summed E-state index contributed by atoms with van der Waals surface area (Å²) >= 11 is 0.957. The summed E-state index contributed by atoms with van der Waals surface area (Å²) in [6.45, 7) is 1.79. The Morgan fingerprint density at radius 1 is 1.56 bits per heavy atom. The second-order valence-electron chi connectivity index (χ2n) is 2.85. The number of nitrogens with zero attached hydrogens (tertiary/aromatic N) is 1. The lowest BCUT2D eigenvalue weighted by Crippen LogP contribution is -2.27.